The molecule has 1 atom stereocenters. The summed E-state index contributed by atoms with van der Waals surface area (Å²) in [6.07, 6.45) is 5.71. The third-order valence-corrected chi connectivity index (χ3v) is 7.36. The number of amides is 1. The van der Waals surface area contributed by atoms with Crippen LogP contribution in [-0.4, -0.2) is 50.1 Å². The fourth-order valence-electron chi connectivity index (χ4n) is 5.19. The Morgan fingerprint density at radius 2 is 2.00 bits per heavy atom. The maximum absolute atomic E-state index is 12.6. The molecule has 1 aliphatic carbocycles. The number of benzene rings is 2. The summed E-state index contributed by atoms with van der Waals surface area (Å²) in [6.45, 7) is 3.54. The molecule has 3 aromatic heterocycles. The highest BCUT2D eigenvalue weighted by Gasteiger charge is 2.35. The SMILES string of the molecule is Cc1cccc2nc(-c3ccc(Oc4ccnc5[nH]nc(N[C@@H]6CCCN(C(=O)C7CC7)C6)c45)cc3)oc12. The second kappa shape index (κ2) is 9.16. The van der Waals surface area contributed by atoms with E-state index < -0.39 is 0 Å². The van der Waals surface area contributed by atoms with E-state index in [-0.39, 0.29) is 12.0 Å². The molecule has 1 amide bonds. The Labute approximate surface area is 219 Å². The number of carbonyl (C=O) groups excluding carboxylic acids is 1. The van der Waals surface area contributed by atoms with E-state index in [1.54, 1.807) is 6.20 Å². The van der Waals surface area contributed by atoms with Crippen LogP contribution < -0.4 is 10.1 Å². The van der Waals surface area contributed by atoms with Gasteiger partial charge in [-0.3, -0.25) is 9.89 Å². The van der Waals surface area contributed by atoms with E-state index in [1.165, 1.54) is 0 Å². The van der Waals surface area contributed by atoms with Gasteiger partial charge in [0.2, 0.25) is 11.8 Å². The fourth-order valence-corrected chi connectivity index (χ4v) is 5.19. The second-order valence-electron chi connectivity index (χ2n) is 10.2. The molecule has 38 heavy (non-hydrogen) atoms. The van der Waals surface area contributed by atoms with Gasteiger partial charge in [-0.1, -0.05) is 12.1 Å². The lowest BCUT2D eigenvalue weighted by Crippen LogP contribution is -2.45. The van der Waals surface area contributed by atoms with Crippen molar-refractivity contribution in [1.82, 2.24) is 25.1 Å². The summed E-state index contributed by atoms with van der Waals surface area (Å²) in [4.78, 5) is 23.6. The number of carbonyl (C=O) groups is 1. The van der Waals surface area contributed by atoms with Crippen molar-refractivity contribution in [2.24, 2.45) is 5.92 Å². The van der Waals surface area contributed by atoms with Crippen molar-refractivity contribution in [1.29, 1.82) is 0 Å². The summed E-state index contributed by atoms with van der Waals surface area (Å²) < 4.78 is 12.3. The van der Waals surface area contributed by atoms with Crippen LogP contribution in [-0.2, 0) is 4.79 Å². The Hall–Kier alpha value is -4.40. The summed E-state index contributed by atoms with van der Waals surface area (Å²) in [6, 6.07) is 15.6. The molecular weight excluding hydrogens is 480 g/mol. The van der Waals surface area contributed by atoms with E-state index in [0.717, 1.165) is 59.8 Å². The first-order valence-electron chi connectivity index (χ1n) is 13.2. The molecule has 0 radical (unpaired) electrons. The van der Waals surface area contributed by atoms with Crippen molar-refractivity contribution in [3.05, 3.63) is 60.3 Å². The molecule has 2 aromatic carbocycles. The summed E-state index contributed by atoms with van der Waals surface area (Å²) in [5.74, 6) is 3.13. The number of H-pyrrole nitrogens is 1. The average molecular weight is 509 g/mol. The van der Waals surface area contributed by atoms with Crippen molar-refractivity contribution in [3.8, 4) is 23.0 Å². The summed E-state index contributed by atoms with van der Waals surface area (Å²) >= 11 is 0. The molecule has 192 valence electrons. The number of para-hydroxylation sites is 1. The maximum atomic E-state index is 12.6. The van der Waals surface area contributed by atoms with Crippen molar-refractivity contribution >= 4 is 33.9 Å². The quantitative estimate of drug-likeness (QED) is 0.304. The monoisotopic (exact) mass is 508 g/mol. The van der Waals surface area contributed by atoms with Gasteiger partial charge >= 0.3 is 0 Å². The van der Waals surface area contributed by atoms with Crippen LogP contribution in [0.2, 0.25) is 0 Å². The minimum atomic E-state index is 0.130. The third-order valence-electron chi connectivity index (χ3n) is 7.36. The molecule has 2 aliphatic rings. The van der Waals surface area contributed by atoms with Crippen LogP contribution in [0.3, 0.4) is 0 Å². The number of ether oxygens (including phenoxy) is 1. The van der Waals surface area contributed by atoms with Crippen LogP contribution in [0.4, 0.5) is 5.82 Å². The molecule has 2 fully saturated rings. The average Bonchev–Trinajstić information content (AvgIpc) is 3.56. The van der Waals surface area contributed by atoms with E-state index in [1.807, 2.05) is 60.4 Å². The molecular formula is C29H28N6O3. The van der Waals surface area contributed by atoms with Gasteiger partial charge in [0.05, 0.1) is 0 Å². The number of aryl methyl sites for hydroxylation is 1. The largest absolute Gasteiger partial charge is 0.456 e. The van der Waals surface area contributed by atoms with Crippen LogP contribution in [0.5, 0.6) is 11.5 Å². The number of rotatable bonds is 6. The number of hydrogen-bond donors (Lipinski definition) is 2. The standard InChI is InChI=1S/C29H28N6O3/c1-17-4-2-6-22-25(17)38-28(32-22)18-9-11-21(12-10-18)37-23-13-14-30-26-24(23)27(34-33-26)31-20-5-3-15-35(16-20)29(36)19-7-8-19/h2,4,6,9-14,19-20H,3,5,7-8,15-16H2,1H3,(H2,30,31,33,34)/t20-/m1/s1. The van der Waals surface area contributed by atoms with Gasteiger partial charge in [-0.25, -0.2) is 9.97 Å². The number of pyridine rings is 1. The lowest BCUT2D eigenvalue weighted by atomic mass is 10.0. The summed E-state index contributed by atoms with van der Waals surface area (Å²) in [7, 11) is 0. The third kappa shape index (κ3) is 4.23. The zero-order chi connectivity index (χ0) is 25.6. The van der Waals surface area contributed by atoms with Gasteiger partial charge in [0.1, 0.15) is 22.4 Å². The number of anilines is 1. The Balaban J connectivity index is 1.11. The first kappa shape index (κ1) is 22.8. The molecule has 1 saturated heterocycles. The number of piperidine rings is 1. The number of oxazole rings is 1. The van der Waals surface area contributed by atoms with E-state index >= 15 is 0 Å². The summed E-state index contributed by atoms with van der Waals surface area (Å²) in [5.41, 5.74) is 4.23. The van der Waals surface area contributed by atoms with Crippen LogP contribution in [0.15, 0.2) is 59.1 Å². The van der Waals surface area contributed by atoms with Crippen molar-refractivity contribution in [2.45, 2.75) is 38.6 Å². The van der Waals surface area contributed by atoms with Gasteiger partial charge in [0, 0.05) is 42.9 Å². The van der Waals surface area contributed by atoms with Gasteiger partial charge < -0.3 is 19.4 Å². The molecule has 9 heteroatoms. The predicted molar refractivity (Wildman–Crippen MR) is 144 cm³/mol. The number of nitrogens with zero attached hydrogens (tertiary/aromatic N) is 4. The molecule has 0 unspecified atom stereocenters. The normalized spacial score (nSPS) is 17.7. The Morgan fingerprint density at radius 1 is 1.13 bits per heavy atom. The number of aromatic amines is 1. The van der Waals surface area contributed by atoms with Crippen LogP contribution >= 0.6 is 0 Å². The molecule has 0 spiro atoms. The zero-order valence-electron chi connectivity index (χ0n) is 21.1. The van der Waals surface area contributed by atoms with E-state index in [2.05, 4.69) is 25.5 Å². The first-order chi connectivity index (χ1) is 18.6. The highest BCUT2D eigenvalue weighted by molar-refractivity contribution is 5.93. The van der Waals surface area contributed by atoms with Gasteiger partial charge in [0.25, 0.3) is 0 Å². The molecule has 9 nitrogen and oxygen atoms in total. The molecule has 1 saturated carbocycles. The zero-order valence-corrected chi connectivity index (χ0v) is 21.1. The lowest BCUT2D eigenvalue weighted by Gasteiger charge is -2.33. The summed E-state index contributed by atoms with van der Waals surface area (Å²) in [5, 5.41) is 11.8. The lowest BCUT2D eigenvalue weighted by molar-refractivity contribution is -0.133. The minimum absolute atomic E-state index is 0.130. The molecule has 0 bridgehead atoms. The number of aromatic nitrogens is 4. The molecule has 2 N–H and O–H groups in total. The number of likely N-dealkylation sites (tertiary alicyclic amines) is 1. The predicted octanol–water partition coefficient (Wildman–Crippen LogP) is 5.68. The van der Waals surface area contributed by atoms with E-state index in [9.17, 15) is 4.79 Å². The second-order valence-corrected chi connectivity index (χ2v) is 10.2. The fraction of sp³-hybridized carbons (Fsp3) is 0.310. The van der Waals surface area contributed by atoms with Crippen molar-refractivity contribution < 1.29 is 13.9 Å². The van der Waals surface area contributed by atoms with Crippen LogP contribution in [0, 0.1) is 12.8 Å². The smallest absolute Gasteiger partial charge is 0.227 e. The topological polar surface area (TPSA) is 109 Å². The highest BCUT2D eigenvalue weighted by atomic mass is 16.5. The number of hydrogen-bond acceptors (Lipinski definition) is 7. The maximum Gasteiger partial charge on any atom is 0.227 e. The van der Waals surface area contributed by atoms with Gasteiger partial charge in [-0.2, -0.15) is 5.10 Å². The minimum Gasteiger partial charge on any atom is -0.456 e. The van der Waals surface area contributed by atoms with Crippen molar-refractivity contribution in [2.75, 3.05) is 18.4 Å². The molecule has 4 heterocycles. The van der Waals surface area contributed by atoms with Gasteiger partial charge in [-0.05, 0) is 68.5 Å². The number of fused-ring (bicyclic) bond motifs is 2. The van der Waals surface area contributed by atoms with Crippen LogP contribution in [0.1, 0.15) is 31.2 Å². The Bertz CT molecular complexity index is 1640. The Morgan fingerprint density at radius 3 is 2.82 bits per heavy atom. The van der Waals surface area contributed by atoms with Gasteiger partial charge in [0.15, 0.2) is 17.0 Å². The number of nitrogens with one attached hydrogen (secondary N) is 2. The van der Waals surface area contributed by atoms with E-state index in [0.29, 0.717) is 41.3 Å². The van der Waals surface area contributed by atoms with Crippen molar-refractivity contribution in [3.63, 3.8) is 0 Å². The van der Waals surface area contributed by atoms with Crippen LogP contribution in [0.25, 0.3) is 33.6 Å². The first-order valence-corrected chi connectivity index (χ1v) is 13.2. The van der Waals surface area contributed by atoms with Gasteiger partial charge in [-0.15, -0.1) is 0 Å². The molecule has 5 aromatic rings. The Kier molecular flexibility index (Phi) is 5.49. The molecule has 1 aliphatic heterocycles. The molecule has 7 rings (SSSR count). The van der Waals surface area contributed by atoms with E-state index in [4.69, 9.17) is 9.15 Å². The highest BCUT2D eigenvalue weighted by Crippen LogP contribution is 2.36.